The normalized spacial score (nSPS) is 26.5. The van der Waals surface area contributed by atoms with Crippen LogP contribution in [0, 0.1) is 5.92 Å². The van der Waals surface area contributed by atoms with Gasteiger partial charge in [0.25, 0.3) is 10.0 Å². The fraction of sp³-hybridized carbons (Fsp3) is 0.522. The number of sulfonamides is 1. The number of aryl methyl sites for hydroxylation is 1. The minimum absolute atomic E-state index is 0.00147. The Hall–Kier alpha value is -2.16. The van der Waals surface area contributed by atoms with Crippen LogP contribution in [-0.2, 0) is 17.1 Å². The maximum atomic E-state index is 13.5. The third-order valence-corrected chi connectivity index (χ3v) is 8.99. The summed E-state index contributed by atoms with van der Waals surface area (Å²) in [4.78, 5) is 6.27. The van der Waals surface area contributed by atoms with E-state index in [4.69, 9.17) is 0 Å². The first-order valence-corrected chi connectivity index (χ1v) is 12.5. The van der Waals surface area contributed by atoms with Crippen molar-refractivity contribution in [2.45, 2.75) is 49.2 Å². The van der Waals surface area contributed by atoms with Crippen molar-refractivity contribution in [2.75, 3.05) is 25.1 Å². The van der Waals surface area contributed by atoms with Crippen LogP contribution in [0.25, 0.3) is 5.57 Å². The van der Waals surface area contributed by atoms with E-state index >= 15 is 0 Å². The number of aliphatic hydroxyl groups is 1. The van der Waals surface area contributed by atoms with Crippen LogP contribution < -0.4 is 4.90 Å². The lowest BCUT2D eigenvalue weighted by atomic mass is 9.81. The summed E-state index contributed by atoms with van der Waals surface area (Å²) < 4.78 is 30.4. The number of benzene rings is 1. The Balaban J connectivity index is 1.62. The number of aliphatic hydroxyl groups excluding tert-OH is 1. The van der Waals surface area contributed by atoms with Gasteiger partial charge in [-0.15, -0.1) is 0 Å². The van der Waals surface area contributed by atoms with Crippen molar-refractivity contribution >= 4 is 21.3 Å². The highest BCUT2D eigenvalue weighted by atomic mass is 32.2. The highest BCUT2D eigenvalue weighted by Gasteiger charge is 2.50. The number of imidazole rings is 1. The molecule has 3 aliphatic rings. The second-order valence-electron chi connectivity index (χ2n) is 9.00. The molecule has 1 aromatic heterocycles. The molecular formula is C23H30N4O3S. The summed E-state index contributed by atoms with van der Waals surface area (Å²) in [5, 5.41) is 10.3. The van der Waals surface area contributed by atoms with Gasteiger partial charge in [0, 0.05) is 38.4 Å². The predicted octanol–water partition coefficient (Wildman–Crippen LogP) is 2.94. The predicted molar refractivity (Wildman–Crippen MR) is 120 cm³/mol. The van der Waals surface area contributed by atoms with Crippen molar-refractivity contribution in [1.82, 2.24) is 13.9 Å². The molecule has 3 atom stereocenters. The first kappa shape index (κ1) is 20.7. The van der Waals surface area contributed by atoms with E-state index < -0.39 is 10.0 Å². The number of nitrogens with zero attached hydrogens (tertiary/aromatic N) is 4. The van der Waals surface area contributed by atoms with E-state index in [1.54, 1.807) is 22.1 Å². The van der Waals surface area contributed by atoms with E-state index in [0.717, 1.165) is 30.5 Å². The first-order chi connectivity index (χ1) is 14.9. The number of likely N-dealkylation sites (N-methyl/N-ethyl adjacent to an activating group) is 1. The van der Waals surface area contributed by atoms with Crippen molar-refractivity contribution < 1.29 is 13.5 Å². The Morgan fingerprint density at radius 1 is 1.23 bits per heavy atom. The topological polar surface area (TPSA) is 78.7 Å². The van der Waals surface area contributed by atoms with E-state index in [2.05, 4.69) is 34.2 Å². The third kappa shape index (κ3) is 3.32. The van der Waals surface area contributed by atoms with E-state index in [-0.39, 0.29) is 29.6 Å². The van der Waals surface area contributed by atoms with Gasteiger partial charge in [-0.2, -0.15) is 4.31 Å². The van der Waals surface area contributed by atoms with Gasteiger partial charge in [0.15, 0.2) is 5.03 Å². The Labute approximate surface area is 184 Å². The zero-order valence-electron chi connectivity index (χ0n) is 18.1. The molecule has 1 N–H and O–H groups in total. The Morgan fingerprint density at radius 2 is 2.06 bits per heavy atom. The van der Waals surface area contributed by atoms with E-state index in [0.29, 0.717) is 6.54 Å². The smallest absolute Gasteiger partial charge is 0.262 e. The van der Waals surface area contributed by atoms with Gasteiger partial charge in [0.1, 0.15) is 0 Å². The highest BCUT2D eigenvalue weighted by Crippen LogP contribution is 2.50. The lowest BCUT2D eigenvalue weighted by molar-refractivity contribution is 0.193. The zero-order valence-corrected chi connectivity index (χ0v) is 18.9. The van der Waals surface area contributed by atoms with Gasteiger partial charge in [-0.05, 0) is 60.9 Å². The summed E-state index contributed by atoms with van der Waals surface area (Å²) in [6.07, 6.45) is 10.7. The number of anilines is 1. The van der Waals surface area contributed by atoms with Crippen LogP contribution in [0.4, 0.5) is 5.69 Å². The zero-order chi connectivity index (χ0) is 21.8. The number of hydrogen-bond donors (Lipinski definition) is 1. The van der Waals surface area contributed by atoms with Crippen molar-refractivity contribution in [1.29, 1.82) is 0 Å². The number of aromatic nitrogens is 2. The largest absolute Gasteiger partial charge is 0.394 e. The molecule has 31 heavy (non-hydrogen) atoms. The van der Waals surface area contributed by atoms with Crippen LogP contribution in [0.3, 0.4) is 0 Å². The molecule has 0 radical (unpaired) electrons. The molecule has 2 aliphatic heterocycles. The fourth-order valence-corrected chi connectivity index (χ4v) is 7.26. The second kappa shape index (κ2) is 7.76. The van der Waals surface area contributed by atoms with Gasteiger partial charge in [-0.3, -0.25) is 0 Å². The van der Waals surface area contributed by atoms with E-state index in [1.807, 2.05) is 7.05 Å². The minimum atomic E-state index is -3.73. The lowest BCUT2D eigenvalue weighted by Gasteiger charge is -2.44. The summed E-state index contributed by atoms with van der Waals surface area (Å²) in [6, 6.07) is 6.04. The molecule has 0 bridgehead atoms. The van der Waals surface area contributed by atoms with E-state index in [1.165, 1.54) is 30.3 Å². The molecule has 0 saturated carbocycles. The van der Waals surface area contributed by atoms with Crippen LogP contribution in [0.2, 0.25) is 0 Å². The first-order valence-electron chi connectivity index (χ1n) is 11.1. The average molecular weight is 443 g/mol. The molecule has 2 aromatic rings. The van der Waals surface area contributed by atoms with Crippen LogP contribution in [0.1, 0.15) is 49.3 Å². The van der Waals surface area contributed by atoms with Crippen LogP contribution in [0.15, 0.2) is 41.8 Å². The van der Waals surface area contributed by atoms with Crippen molar-refractivity contribution in [3.05, 3.63) is 47.9 Å². The summed E-state index contributed by atoms with van der Waals surface area (Å²) in [5.41, 5.74) is 4.59. The molecule has 1 aromatic carbocycles. The highest BCUT2D eigenvalue weighted by molar-refractivity contribution is 7.89. The van der Waals surface area contributed by atoms with Crippen molar-refractivity contribution in [3.63, 3.8) is 0 Å². The summed E-state index contributed by atoms with van der Waals surface area (Å²) in [7, 11) is 0.0476. The molecule has 1 fully saturated rings. The Morgan fingerprint density at radius 3 is 2.74 bits per heavy atom. The monoisotopic (exact) mass is 442 g/mol. The Bertz CT molecular complexity index is 1120. The number of fused-ring (bicyclic) bond motifs is 3. The van der Waals surface area contributed by atoms with Gasteiger partial charge in [-0.25, -0.2) is 13.4 Å². The minimum Gasteiger partial charge on any atom is -0.394 e. The van der Waals surface area contributed by atoms with Gasteiger partial charge in [0.2, 0.25) is 0 Å². The molecule has 0 unspecified atom stereocenters. The standard InChI is InChI=1S/C23H30N4O3S/c1-25-13-22(24-15-25)31(29,30)27-11-10-18-21(14-28)26(2)20-9-8-17(12-19(20)23(18)27)16-6-4-3-5-7-16/h6,8-9,12-13,15,18,21,23,28H,3-5,7,10-11,14H2,1-2H3/t18-,21+,23-/m0/s1. The molecule has 166 valence electrons. The van der Waals surface area contributed by atoms with Gasteiger partial charge in [0.05, 0.1) is 25.0 Å². The lowest BCUT2D eigenvalue weighted by Crippen LogP contribution is -2.48. The van der Waals surface area contributed by atoms with Crippen LogP contribution in [0.5, 0.6) is 0 Å². The SMILES string of the molecule is CN1c2ccc(C3=CCCCC3)cc2[C@@H]2[C@@H](CCN2S(=O)(=O)c2cn(C)cn2)[C@H]1CO. The van der Waals surface area contributed by atoms with Gasteiger partial charge in [-0.1, -0.05) is 12.1 Å². The second-order valence-corrected chi connectivity index (χ2v) is 10.8. The molecule has 7 nitrogen and oxygen atoms in total. The number of allylic oxidation sites excluding steroid dienone is 2. The summed E-state index contributed by atoms with van der Waals surface area (Å²) in [6.45, 7) is 0.437. The molecule has 8 heteroatoms. The van der Waals surface area contributed by atoms with Crippen molar-refractivity contribution in [3.8, 4) is 0 Å². The molecule has 1 aliphatic carbocycles. The molecule has 1 saturated heterocycles. The Kier molecular flexibility index (Phi) is 5.19. The van der Waals surface area contributed by atoms with Crippen molar-refractivity contribution in [2.24, 2.45) is 13.0 Å². The van der Waals surface area contributed by atoms with E-state index in [9.17, 15) is 13.5 Å². The van der Waals surface area contributed by atoms with Gasteiger partial charge < -0.3 is 14.6 Å². The quantitative estimate of drug-likeness (QED) is 0.788. The fourth-order valence-electron chi connectivity index (χ4n) is 5.62. The average Bonchev–Trinajstić information content (AvgIpc) is 3.42. The summed E-state index contributed by atoms with van der Waals surface area (Å²) >= 11 is 0. The molecule has 0 spiro atoms. The molecule has 0 amide bonds. The molecule has 5 rings (SSSR count). The third-order valence-electron chi connectivity index (χ3n) is 7.22. The molecule has 3 heterocycles. The number of hydrogen-bond acceptors (Lipinski definition) is 5. The van der Waals surface area contributed by atoms with Crippen LogP contribution >= 0.6 is 0 Å². The maximum Gasteiger partial charge on any atom is 0.262 e. The maximum absolute atomic E-state index is 13.5. The number of rotatable bonds is 4. The molecular weight excluding hydrogens is 412 g/mol. The van der Waals surface area contributed by atoms with Crippen LogP contribution in [-0.4, -0.2) is 53.6 Å². The summed E-state index contributed by atoms with van der Waals surface area (Å²) in [5.74, 6) is 0.0385. The van der Waals surface area contributed by atoms with Gasteiger partial charge >= 0.3 is 0 Å².